The Bertz CT molecular complexity index is 635. The van der Waals surface area contributed by atoms with E-state index in [4.69, 9.17) is 40.2 Å². The van der Waals surface area contributed by atoms with Gasteiger partial charge >= 0.3 is 0 Å². The van der Waals surface area contributed by atoms with Gasteiger partial charge in [-0.15, -0.1) is 0 Å². The van der Waals surface area contributed by atoms with Crippen molar-refractivity contribution >= 4 is 46.4 Å². The van der Waals surface area contributed by atoms with E-state index in [9.17, 15) is 0 Å². The van der Waals surface area contributed by atoms with E-state index in [2.05, 4.69) is 15.6 Å². The molecule has 0 bridgehead atoms. The second-order valence-corrected chi connectivity index (χ2v) is 5.39. The van der Waals surface area contributed by atoms with Crippen LogP contribution >= 0.6 is 35.4 Å². The van der Waals surface area contributed by atoms with Crippen LogP contribution in [0.2, 0.25) is 10.0 Å². The number of nitrogens with one attached hydrogen (secondary N) is 2. The summed E-state index contributed by atoms with van der Waals surface area (Å²) in [5.41, 5.74) is 1.08. The van der Waals surface area contributed by atoms with Crippen LogP contribution in [0.4, 0.5) is 5.82 Å². The van der Waals surface area contributed by atoms with Crippen LogP contribution in [0.1, 0.15) is 5.56 Å². The number of rotatable bonds is 4. The largest absolute Gasteiger partial charge is 0.497 e. The summed E-state index contributed by atoms with van der Waals surface area (Å²) in [6.45, 7) is 0.584. The Hall–Kier alpha value is -1.56. The third-order valence-electron chi connectivity index (χ3n) is 2.65. The van der Waals surface area contributed by atoms with Crippen molar-refractivity contribution in [2.45, 2.75) is 6.54 Å². The third kappa shape index (κ3) is 4.74. The minimum atomic E-state index is 0.413. The lowest BCUT2D eigenvalue weighted by Gasteiger charge is -2.11. The maximum atomic E-state index is 6.01. The zero-order valence-electron chi connectivity index (χ0n) is 11.2. The SMILES string of the molecule is COc1ccc(CNC(=S)Nc2ncc(Cl)cc2Cl)cc1. The van der Waals surface area contributed by atoms with Crippen LogP contribution in [0.15, 0.2) is 36.5 Å². The molecule has 0 fully saturated rings. The fraction of sp³-hybridized carbons (Fsp3) is 0.143. The molecular formula is C14H13Cl2N3OS. The molecule has 110 valence electrons. The Morgan fingerprint density at radius 2 is 2.00 bits per heavy atom. The van der Waals surface area contributed by atoms with E-state index in [-0.39, 0.29) is 0 Å². The number of hydrogen-bond donors (Lipinski definition) is 2. The van der Waals surface area contributed by atoms with Gasteiger partial charge in [-0.25, -0.2) is 4.98 Å². The van der Waals surface area contributed by atoms with Gasteiger partial charge in [-0.3, -0.25) is 0 Å². The molecule has 0 spiro atoms. The van der Waals surface area contributed by atoms with E-state index in [0.717, 1.165) is 11.3 Å². The van der Waals surface area contributed by atoms with Crippen molar-refractivity contribution in [1.82, 2.24) is 10.3 Å². The van der Waals surface area contributed by atoms with Crippen molar-refractivity contribution in [1.29, 1.82) is 0 Å². The first kappa shape index (κ1) is 15.8. The summed E-state index contributed by atoms with van der Waals surface area (Å²) >= 11 is 17.0. The maximum absolute atomic E-state index is 6.01. The van der Waals surface area contributed by atoms with Crippen LogP contribution in [0.5, 0.6) is 5.75 Å². The average Bonchev–Trinajstić information content (AvgIpc) is 2.48. The van der Waals surface area contributed by atoms with Gasteiger partial charge in [-0.1, -0.05) is 35.3 Å². The molecule has 1 aromatic carbocycles. The van der Waals surface area contributed by atoms with Gasteiger partial charge in [-0.2, -0.15) is 0 Å². The van der Waals surface area contributed by atoms with E-state index in [1.807, 2.05) is 24.3 Å². The normalized spacial score (nSPS) is 10.0. The molecule has 0 saturated heterocycles. The van der Waals surface area contributed by atoms with Gasteiger partial charge in [-0.05, 0) is 36.0 Å². The molecule has 0 aliphatic rings. The first-order chi connectivity index (χ1) is 10.1. The predicted octanol–water partition coefficient (Wildman–Crippen LogP) is 3.88. The Balaban J connectivity index is 1.89. The molecule has 0 aliphatic heterocycles. The van der Waals surface area contributed by atoms with Crippen LogP contribution in [-0.2, 0) is 6.54 Å². The number of nitrogens with zero attached hydrogens (tertiary/aromatic N) is 1. The quantitative estimate of drug-likeness (QED) is 0.826. The highest BCUT2D eigenvalue weighted by Crippen LogP contribution is 2.22. The number of ether oxygens (including phenoxy) is 1. The zero-order valence-corrected chi connectivity index (χ0v) is 13.5. The van der Waals surface area contributed by atoms with Crippen molar-refractivity contribution in [3.05, 3.63) is 52.1 Å². The number of benzene rings is 1. The molecule has 0 atom stereocenters. The van der Waals surface area contributed by atoms with Crippen LogP contribution in [0.3, 0.4) is 0 Å². The Labute approximate surface area is 138 Å². The molecule has 0 aliphatic carbocycles. The fourth-order valence-electron chi connectivity index (χ4n) is 1.58. The minimum absolute atomic E-state index is 0.413. The Morgan fingerprint density at radius 1 is 1.29 bits per heavy atom. The number of anilines is 1. The molecule has 1 heterocycles. The summed E-state index contributed by atoms with van der Waals surface area (Å²) < 4.78 is 5.10. The summed E-state index contributed by atoms with van der Waals surface area (Å²) in [4.78, 5) is 4.08. The van der Waals surface area contributed by atoms with E-state index >= 15 is 0 Å². The van der Waals surface area contributed by atoms with Crippen LogP contribution in [-0.4, -0.2) is 17.2 Å². The van der Waals surface area contributed by atoms with Crippen molar-refractivity contribution < 1.29 is 4.74 Å². The highest BCUT2D eigenvalue weighted by Gasteiger charge is 2.05. The molecule has 21 heavy (non-hydrogen) atoms. The average molecular weight is 342 g/mol. The highest BCUT2D eigenvalue weighted by molar-refractivity contribution is 7.80. The number of pyridine rings is 1. The van der Waals surface area contributed by atoms with Crippen molar-refractivity contribution in [3.63, 3.8) is 0 Å². The first-order valence-corrected chi connectivity index (χ1v) is 7.23. The molecule has 2 N–H and O–H groups in total. The zero-order chi connectivity index (χ0) is 15.2. The van der Waals surface area contributed by atoms with Gasteiger partial charge in [0.15, 0.2) is 10.9 Å². The summed E-state index contributed by atoms with van der Waals surface area (Å²) in [5.74, 6) is 1.28. The molecule has 0 amide bonds. The van der Waals surface area contributed by atoms with Crippen molar-refractivity contribution in [2.24, 2.45) is 0 Å². The van der Waals surface area contributed by atoms with Gasteiger partial charge in [0.25, 0.3) is 0 Å². The number of hydrogen-bond acceptors (Lipinski definition) is 3. The number of halogens is 2. The third-order valence-corrected chi connectivity index (χ3v) is 3.39. The lowest BCUT2D eigenvalue weighted by molar-refractivity contribution is 0.414. The summed E-state index contributed by atoms with van der Waals surface area (Å²) in [6.07, 6.45) is 1.50. The number of aromatic nitrogens is 1. The van der Waals surface area contributed by atoms with Gasteiger partial charge in [0, 0.05) is 12.7 Å². The summed E-state index contributed by atoms with van der Waals surface area (Å²) in [5, 5.41) is 7.32. The van der Waals surface area contributed by atoms with E-state index in [0.29, 0.717) is 27.5 Å². The Morgan fingerprint density at radius 3 is 2.62 bits per heavy atom. The Kier molecular flexibility index (Phi) is 5.61. The topological polar surface area (TPSA) is 46.2 Å². The number of thiocarbonyl (C=S) groups is 1. The van der Waals surface area contributed by atoms with Gasteiger partial charge in [0.2, 0.25) is 0 Å². The number of methoxy groups -OCH3 is 1. The van der Waals surface area contributed by atoms with Gasteiger partial charge < -0.3 is 15.4 Å². The van der Waals surface area contributed by atoms with E-state index in [1.165, 1.54) is 6.20 Å². The fourth-order valence-corrected chi connectivity index (χ4v) is 2.18. The summed E-state index contributed by atoms with van der Waals surface area (Å²) in [7, 11) is 1.63. The van der Waals surface area contributed by atoms with Crippen LogP contribution in [0.25, 0.3) is 0 Å². The molecule has 2 rings (SSSR count). The highest BCUT2D eigenvalue weighted by atomic mass is 35.5. The molecule has 0 unspecified atom stereocenters. The van der Waals surface area contributed by atoms with Crippen LogP contribution in [0, 0.1) is 0 Å². The monoisotopic (exact) mass is 341 g/mol. The molecular weight excluding hydrogens is 329 g/mol. The maximum Gasteiger partial charge on any atom is 0.172 e. The second kappa shape index (κ2) is 7.45. The van der Waals surface area contributed by atoms with Crippen molar-refractivity contribution in [3.8, 4) is 5.75 Å². The lowest BCUT2D eigenvalue weighted by Crippen LogP contribution is -2.28. The van der Waals surface area contributed by atoms with Crippen LogP contribution < -0.4 is 15.4 Å². The lowest BCUT2D eigenvalue weighted by atomic mass is 10.2. The molecule has 2 aromatic rings. The van der Waals surface area contributed by atoms with Gasteiger partial charge in [0.05, 0.1) is 17.2 Å². The molecule has 4 nitrogen and oxygen atoms in total. The molecule has 1 aromatic heterocycles. The smallest absolute Gasteiger partial charge is 0.172 e. The first-order valence-electron chi connectivity index (χ1n) is 6.07. The predicted molar refractivity (Wildman–Crippen MR) is 90.3 cm³/mol. The van der Waals surface area contributed by atoms with Gasteiger partial charge in [0.1, 0.15) is 5.75 Å². The van der Waals surface area contributed by atoms with Crippen molar-refractivity contribution in [2.75, 3.05) is 12.4 Å². The second-order valence-electron chi connectivity index (χ2n) is 4.14. The molecule has 0 saturated carbocycles. The summed E-state index contributed by atoms with van der Waals surface area (Å²) in [6, 6.07) is 9.31. The molecule has 0 radical (unpaired) electrons. The minimum Gasteiger partial charge on any atom is -0.497 e. The van der Waals surface area contributed by atoms with E-state index in [1.54, 1.807) is 13.2 Å². The standard InChI is InChI=1S/C14H13Cl2N3OS/c1-20-11-4-2-9(3-5-11)7-18-14(21)19-13-12(16)6-10(15)8-17-13/h2-6,8H,7H2,1H3,(H2,17,18,19,21). The molecule has 7 heteroatoms. The van der Waals surface area contributed by atoms with E-state index < -0.39 is 0 Å².